The molecule has 4 aromatic rings. The van der Waals surface area contributed by atoms with E-state index in [1.54, 1.807) is 12.4 Å². The number of carbonyl (C=O) groups excluding carboxylic acids is 1. The fourth-order valence-corrected chi connectivity index (χ4v) is 4.63. The summed E-state index contributed by atoms with van der Waals surface area (Å²) in [7, 11) is 0. The molecule has 1 aliphatic carbocycles. The summed E-state index contributed by atoms with van der Waals surface area (Å²) in [6.45, 7) is 2.06. The van der Waals surface area contributed by atoms with Crippen molar-refractivity contribution in [1.82, 2.24) is 25.1 Å². The number of pyridine rings is 1. The summed E-state index contributed by atoms with van der Waals surface area (Å²) in [4.78, 5) is 17.4. The average Bonchev–Trinajstić information content (AvgIpc) is 3.55. The van der Waals surface area contributed by atoms with E-state index in [2.05, 4.69) is 33.5 Å². The monoisotopic (exact) mass is 441 g/mol. The molecule has 2 aromatic heterocycles. The van der Waals surface area contributed by atoms with Gasteiger partial charge in [0.2, 0.25) is 5.91 Å². The molecule has 0 spiro atoms. The number of rotatable bonds is 7. The predicted molar refractivity (Wildman–Crippen MR) is 126 cm³/mol. The van der Waals surface area contributed by atoms with Crippen molar-refractivity contribution < 1.29 is 4.79 Å². The van der Waals surface area contributed by atoms with Crippen LogP contribution in [0.3, 0.4) is 0 Å². The van der Waals surface area contributed by atoms with Crippen molar-refractivity contribution in [2.24, 2.45) is 0 Å². The van der Waals surface area contributed by atoms with Gasteiger partial charge in [0.25, 0.3) is 0 Å². The van der Waals surface area contributed by atoms with Gasteiger partial charge in [0.1, 0.15) is 5.25 Å². The van der Waals surface area contributed by atoms with Crippen LogP contribution in [0, 0.1) is 6.92 Å². The Bertz CT molecular complexity index is 1220. The highest BCUT2D eigenvalue weighted by Crippen LogP contribution is 2.38. The first-order chi connectivity index (χ1) is 15.7. The Kier molecular flexibility index (Phi) is 5.73. The number of hydrogen-bond acceptors (Lipinski definition) is 5. The van der Waals surface area contributed by atoms with Crippen LogP contribution in [0.15, 0.2) is 84.3 Å². The Balaban J connectivity index is 1.59. The van der Waals surface area contributed by atoms with Crippen molar-refractivity contribution in [2.75, 3.05) is 0 Å². The minimum absolute atomic E-state index is 0.00552. The van der Waals surface area contributed by atoms with E-state index in [1.807, 2.05) is 65.2 Å². The second-order valence-corrected chi connectivity index (χ2v) is 8.93. The van der Waals surface area contributed by atoms with Gasteiger partial charge in [-0.25, -0.2) is 0 Å². The molecule has 0 unspecified atom stereocenters. The molecule has 2 heterocycles. The van der Waals surface area contributed by atoms with Crippen molar-refractivity contribution in [3.05, 3.63) is 90.3 Å². The number of amides is 1. The fourth-order valence-electron chi connectivity index (χ4n) is 3.57. The maximum Gasteiger partial charge on any atom is 0.238 e. The van der Waals surface area contributed by atoms with Gasteiger partial charge in [-0.3, -0.25) is 14.3 Å². The third kappa shape index (κ3) is 4.29. The number of thioether (sulfide) groups is 1. The molecule has 1 aliphatic rings. The van der Waals surface area contributed by atoms with Gasteiger partial charge in [-0.1, -0.05) is 60.3 Å². The van der Waals surface area contributed by atoms with Crippen LogP contribution in [0.25, 0.3) is 17.1 Å². The van der Waals surface area contributed by atoms with Gasteiger partial charge in [-0.2, -0.15) is 0 Å². The molecule has 0 bridgehead atoms. The minimum Gasteiger partial charge on any atom is -0.352 e. The lowest BCUT2D eigenvalue weighted by molar-refractivity contribution is -0.120. The molecule has 5 rings (SSSR count). The summed E-state index contributed by atoms with van der Waals surface area (Å²) >= 11 is 1.42. The van der Waals surface area contributed by atoms with Gasteiger partial charge in [-0.15, -0.1) is 10.2 Å². The molecule has 1 amide bonds. The number of benzene rings is 2. The Hall–Kier alpha value is -3.45. The zero-order valence-corrected chi connectivity index (χ0v) is 18.5. The summed E-state index contributed by atoms with van der Waals surface area (Å²) in [5, 5.41) is 12.4. The topological polar surface area (TPSA) is 72.7 Å². The standard InChI is InChI=1S/C25H23N5OS/c1-17-8-5-6-12-21(17)30-23(19-11-7-15-26-16-19)28-29-25(30)32-22(18-9-3-2-4-10-18)24(31)27-20-13-14-20/h2-12,15-16,20,22H,13-14H2,1H3,(H,27,31)/t22-/m1/s1. The molecule has 1 fully saturated rings. The highest BCUT2D eigenvalue weighted by molar-refractivity contribution is 8.00. The Labute approximate surface area is 191 Å². The second kappa shape index (κ2) is 8.96. The average molecular weight is 442 g/mol. The molecular formula is C25H23N5OS. The highest BCUT2D eigenvalue weighted by atomic mass is 32.2. The number of nitrogens with zero attached hydrogens (tertiary/aromatic N) is 4. The Morgan fingerprint density at radius 2 is 1.81 bits per heavy atom. The van der Waals surface area contributed by atoms with Gasteiger partial charge in [0.15, 0.2) is 11.0 Å². The lowest BCUT2D eigenvalue weighted by Gasteiger charge is -2.18. The second-order valence-electron chi connectivity index (χ2n) is 7.86. The number of aromatic nitrogens is 4. The zero-order chi connectivity index (χ0) is 21.9. The van der Waals surface area contributed by atoms with Gasteiger partial charge in [0.05, 0.1) is 5.69 Å². The fraction of sp³-hybridized carbons (Fsp3) is 0.200. The van der Waals surface area contributed by atoms with Gasteiger partial charge >= 0.3 is 0 Å². The van der Waals surface area contributed by atoms with Crippen LogP contribution in [0.4, 0.5) is 0 Å². The molecule has 0 radical (unpaired) electrons. The van der Waals surface area contributed by atoms with Crippen LogP contribution in [-0.4, -0.2) is 31.7 Å². The molecule has 7 heteroatoms. The molecule has 160 valence electrons. The molecule has 1 N–H and O–H groups in total. The van der Waals surface area contributed by atoms with Crippen LogP contribution < -0.4 is 5.32 Å². The van der Waals surface area contributed by atoms with Crippen LogP contribution in [-0.2, 0) is 4.79 Å². The van der Waals surface area contributed by atoms with E-state index in [0.29, 0.717) is 11.0 Å². The predicted octanol–water partition coefficient (Wildman–Crippen LogP) is 4.75. The number of aryl methyl sites for hydroxylation is 1. The summed E-state index contributed by atoms with van der Waals surface area (Å²) < 4.78 is 2.03. The van der Waals surface area contributed by atoms with E-state index in [0.717, 1.165) is 35.2 Å². The SMILES string of the molecule is Cc1ccccc1-n1c(S[C@@H](C(=O)NC2CC2)c2ccccc2)nnc1-c1cccnc1. The maximum absolute atomic E-state index is 13.2. The lowest BCUT2D eigenvalue weighted by atomic mass is 10.1. The highest BCUT2D eigenvalue weighted by Gasteiger charge is 2.31. The first-order valence-corrected chi connectivity index (χ1v) is 11.5. The third-order valence-corrected chi connectivity index (χ3v) is 6.59. The summed E-state index contributed by atoms with van der Waals surface area (Å²) in [6.07, 6.45) is 5.61. The number of para-hydroxylation sites is 1. The largest absolute Gasteiger partial charge is 0.352 e. The van der Waals surface area contributed by atoms with Crippen molar-refractivity contribution >= 4 is 17.7 Å². The van der Waals surface area contributed by atoms with Crippen LogP contribution in [0.2, 0.25) is 0 Å². The zero-order valence-electron chi connectivity index (χ0n) is 17.7. The van der Waals surface area contributed by atoms with E-state index >= 15 is 0 Å². The quantitative estimate of drug-likeness (QED) is 0.419. The van der Waals surface area contributed by atoms with Crippen molar-refractivity contribution in [2.45, 2.75) is 36.2 Å². The van der Waals surface area contributed by atoms with Crippen molar-refractivity contribution in [1.29, 1.82) is 0 Å². The van der Waals surface area contributed by atoms with Crippen LogP contribution in [0.1, 0.15) is 29.2 Å². The third-order valence-electron chi connectivity index (χ3n) is 5.40. The first kappa shape index (κ1) is 20.5. The van der Waals surface area contributed by atoms with Crippen LogP contribution in [0.5, 0.6) is 0 Å². The smallest absolute Gasteiger partial charge is 0.238 e. The van der Waals surface area contributed by atoms with Crippen molar-refractivity contribution in [3.63, 3.8) is 0 Å². The van der Waals surface area contributed by atoms with Gasteiger partial charge < -0.3 is 5.32 Å². The van der Waals surface area contributed by atoms with E-state index < -0.39 is 5.25 Å². The molecule has 1 saturated carbocycles. The first-order valence-electron chi connectivity index (χ1n) is 10.6. The molecule has 6 nitrogen and oxygen atoms in total. The molecular weight excluding hydrogens is 418 g/mol. The van der Waals surface area contributed by atoms with E-state index in [4.69, 9.17) is 0 Å². The lowest BCUT2D eigenvalue weighted by Crippen LogP contribution is -2.30. The van der Waals surface area contributed by atoms with E-state index in [1.165, 1.54) is 11.8 Å². The molecule has 32 heavy (non-hydrogen) atoms. The molecule has 0 saturated heterocycles. The number of carbonyl (C=O) groups is 1. The molecule has 2 aromatic carbocycles. The van der Waals surface area contributed by atoms with Crippen LogP contribution >= 0.6 is 11.8 Å². The van der Waals surface area contributed by atoms with Crippen molar-refractivity contribution in [3.8, 4) is 17.1 Å². The minimum atomic E-state index is -0.425. The Morgan fingerprint density at radius 3 is 2.53 bits per heavy atom. The number of nitrogens with one attached hydrogen (secondary N) is 1. The molecule has 0 aliphatic heterocycles. The van der Waals surface area contributed by atoms with Gasteiger partial charge in [-0.05, 0) is 49.1 Å². The number of hydrogen-bond donors (Lipinski definition) is 1. The maximum atomic E-state index is 13.2. The normalized spacial score (nSPS) is 14.2. The summed E-state index contributed by atoms with van der Waals surface area (Å²) in [5.74, 6) is 0.704. The van der Waals surface area contributed by atoms with Gasteiger partial charge in [0, 0.05) is 24.0 Å². The van der Waals surface area contributed by atoms with E-state index in [9.17, 15) is 4.79 Å². The summed E-state index contributed by atoms with van der Waals surface area (Å²) in [5.41, 5.74) is 3.89. The Morgan fingerprint density at radius 1 is 1.03 bits per heavy atom. The van der Waals surface area contributed by atoms with E-state index in [-0.39, 0.29) is 11.9 Å². The molecule has 1 atom stereocenters. The summed E-state index contributed by atoms with van der Waals surface area (Å²) in [6, 6.07) is 22.1.